The average Bonchev–Trinajstić information content (AvgIpc) is 4.20. The molecule has 1 aliphatic heterocycles. The lowest BCUT2D eigenvalue weighted by molar-refractivity contribution is 0.436. The highest BCUT2D eigenvalue weighted by Crippen LogP contribution is 2.63. The molecule has 0 saturated heterocycles. The third-order valence-electron chi connectivity index (χ3n) is 15.8. The number of hydrogen-bond acceptors (Lipinski definition) is 4. The summed E-state index contributed by atoms with van der Waals surface area (Å²) in [6, 6.07) is 93.4. The van der Waals surface area contributed by atoms with Crippen molar-refractivity contribution in [3.63, 3.8) is 0 Å². The lowest BCUT2D eigenvalue weighted by atomic mass is 9.65. The molecular formula is C70H43N5O. The van der Waals surface area contributed by atoms with Crippen molar-refractivity contribution in [2.75, 3.05) is 0 Å². The van der Waals surface area contributed by atoms with Crippen LogP contribution < -0.4 is 4.74 Å². The van der Waals surface area contributed by atoms with Gasteiger partial charge in [-0.15, -0.1) is 0 Å². The normalized spacial score (nSPS) is 12.9. The summed E-state index contributed by atoms with van der Waals surface area (Å²) in [4.78, 5) is 15.5. The summed E-state index contributed by atoms with van der Waals surface area (Å²) in [6.45, 7) is 0. The number of fused-ring (bicyclic) bond motifs is 15. The van der Waals surface area contributed by atoms with Gasteiger partial charge in [-0.1, -0.05) is 188 Å². The molecule has 1 spiro atoms. The molecule has 2 aliphatic rings. The summed E-state index contributed by atoms with van der Waals surface area (Å²) in [7, 11) is 0. The maximum atomic E-state index is 6.86. The van der Waals surface area contributed by atoms with Crippen molar-refractivity contribution < 1.29 is 4.74 Å². The van der Waals surface area contributed by atoms with Crippen molar-refractivity contribution in [1.29, 1.82) is 0 Å². The molecule has 0 N–H and O–H groups in total. The fraction of sp³-hybridized carbons (Fsp3) is 0.0143. The van der Waals surface area contributed by atoms with Gasteiger partial charge in [-0.2, -0.15) is 0 Å². The maximum absolute atomic E-state index is 6.86. The highest BCUT2D eigenvalue weighted by Gasteiger charge is 2.51. The van der Waals surface area contributed by atoms with E-state index in [1.165, 1.54) is 43.7 Å². The van der Waals surface area contributed by atoms with E-state index in [0.29, 0.717) is 17.5 Å². The van der Waals surface area contributed by atoms with Gasteiger partial charge in [0, 0.05) is 60.7 Å². The van der Waals surface area contributed by atoms with E-state index in [1.54, 1.807) is 0 Å². The molecule has 16 rings (SSSR count). The smallest absolute Gasteiger partial charge is 0.164 e. The van der Waals surface area contributed by atoms with Crippen LogP contribution in [-0.4, -0.2) is 24.1 Å². The minimum Gasteiger partial charge on any atom is -0.457 e. The zero-order chi connectivity index (χ0) is 49.9. The monoisotopic (exact) mass is 969 g/mol. The van der Waals surface area contributed by atoms with Crippen molar-refractivity contribution in [1.82, 2.24) is 24.1 Å². The zero-order valence-electron chi connectivity index (χ0n) is 41.0. The standard InChI is InChI=1S/C70H43N5O/c1-5-20-44(21-6-1)67-71-68(45-22-7-2-8-23-45)73-69(72-67)47-37-39-52-51-38-36-46(40-58(51)70(59(52)41-47)56-30-14-17-34-64(56)76-65-35-18-15-31-57(65)70)50-29-19-33-61-66(50)55-43-62-54(42-63(55)75(61)49-26-11-4-12-27-49)53-28-13-16-32-60(53)74(62)48-24-9-3-10-25-48/h1-43H. The van der Waals surface area contributed by atoms with Gasteiger partial charge in [0.25, 0.3) is 0 Å². The first-order valence-electron chi connectivity index (χ1n) is 25.8. The topological polar surface area (TPSA) is 57.8 Å². The molecule has 0 fully saturated rings. The summed E-state index contributed by atoms with van der Waals surface area (Å²) < 4.78 is 11.7. The zero-order valence-corrected chi connectivity index (χ0v) is 41.0. The van der Waals surface area contributed by atoms with Gasteiger partial charge in [0.15, 0.2) is 17.5 Å². The van der Waals surface area contributed by atoms with Crippen molar-refractivity contribution in [3.05, 3.63) is 283 Å². The second-order valence-corrected chi connectivity index (χ2v) is 19.8. The predicted octanol–water partition coefficient (Wildman–Crippen LogP) is 17.2. The molecule has 6 heteroatoms. The Morgan fingerprint density at radius 2 is 0.750 bits per heavy atom. The number of ether oxygens (including phenoxy) is 1. The van der Waals surface area contributed by atoms with Crippen molar-refractivity contribution >= 4 is 43.6 Å². The Bertz CT molecular complexity index is 4550. The Labute approximate surface area is 438 Å². The van der Waals surface area contributed by atoms with Gasteiger partial charge in [-0.25, -0.2) is 15.0 Å². The Morgan fingerprint density at radius 1 is 0.289 bits per heavy atom. The second-order valence-electron chi connectivity index (χ2n) is 19.8. The molecular weight excluding hydrogens is 927 g/mol. The van der Waals surface area contributed by atoms with Crippen LogP contribution in [0.1, 0.15) is 22.3 Å². The summed E-state index contributed by atoms with van der Waals surface area (Å²) in [5.74, 6) is 3.52. The second kappa shape index (κ2) is 16.4. The molecule has 0 unspecified atom stereocenters. The van der Waals surface area contributed by atoms with Crippen LogP contribution in [0, 0.1) is 0 Å². The van der Waals surface area contributed by atoms with Gasteiger partial charge < -0.3 is 13.9 Å². The minimum atomic E-state index is -0.769. The van der Waals surface area contributed by atoms with Crippen LogP contribution in [0.4, 0.5) is 0 Å². The Hall–Kier alpha value is -10.2. The van der Waals surface area contributed by atoms with E-state index in [4.69, 9.17) is 19.7 Å². The fourth-order valence-corrected chi connectivity index (χ4v) is 12.6. The highest BCUT2D eigenvalue weighted by atomic mass is 16.5. The summed E-state index contributed by atoms with van der Waals surface area (Å²) >= 11 is 0. The van der Waals surface area contributed by atoms with E-state index in [9.17, 15) is 0 Å². The molecule has 3 aromatic heterocycles. The number of benzene rings is 11. The van der Waals surface area contributed by atoms with Gasteiger partial charge in [0.2, 0.25) is 0 Å². The lowest BCUT2D eigenvalue weighted by Crippen LogP contribution is -2.32. The molecule has 11 aromatic carbocycles. The van der Waals surface area contributed by atoms with Crippen LogP contribution in [-0.2, 0) is 5.41 Å². The maximum Gasteiger partial charge on any atom is 0.164 e. The molecule has 1 aliphatic carbocycles. The third kappa shape index (κ3) is 6.12. The van der Waals surface area contributed by atoms with E-state index in [2.05, 4.69) is 234 Å². The van der Waals surface area contributed by atoms with Crippen LogP contribution >= 0.6 is 0 Å². The number of hydrogen-bond donors (Lipinski definition) is 0. The molecule has 76 heavy (non-hydrogen) atoms. The summed E-state index contributed by atoms with van der Waals surface area (Å²) in [5, 5.41) is 4.83. The number of aromatic nitrogens is 5. The van der Waals surface area contributed by atoms with Crippen LogP contribution in [0.15, 0.2) is 261 Å². The van der Waals surface area contributed by atoms with E-state index in [-0.39, 0.29) is 0 Å². The first kappa shape index (κ1) is 42.3. The highest BCUT2D eigenvalue weighted by molar-refractivity contribution is 6.22. The molecule has 0 amide bonds. The Balaban J connectivity index is 0.965. The number of nitrogens with zero attached hydrogens (tertiary/aromatic N) is 5. The van der Waals surface area contributed by atoms with Gasteiger partial charge in [0.1, 0.15) is 11.5 Å². The average molecular weight is 970 g/mol. The van der Waals surface area contributed by atoms with Crippen molar-refractivity contribution in [2.24, 2.45) is 0 Å². The SMILES string of the molecule is c1ccc(-c2nc(-c3ccccc3)nc(-c3ccc4c(c3)C3(c5ccccc5Oc5ccccc53)c3cc(-c5cccc6c5c5cc7c(cc5n6-c5ccccc5)c5ccccc5n7-c5ccccc5)ccc3-4)n2)cc1. The van der Waals surface area contributed by atoms with E-state index in [1.807, 2.05) is 36.4 Å². The quantitative estimate of drug-likeness (QED) is 0.167. The summed E-state index contributed by atoms with van der Waals surface area (Å²) in [5.41, 5.74) is 18.0. The molecule has 6 nitrogen and oxygen atoms in total. The van der Waals surface area contributed by atoms with Crippen LogP contribution in [0.25, 0.3) is 111 Å². The largest absolute Gasteiger partial charge is 0.457 e. The van der Waals surface area contributed by atoms with Gasteiger partial charge in [0.05, 0.1) is 27.5 Å². The predicted molar refractivity (Wildman–Crippen MR) is 308 cm³/mol. The van der Waals surface area contributed by atoms with E-state index < -0.39 is 5.41 Å². The lowest BCUT2D eigenvalue weighted by Gasteiger charge is -2.39. The molecule has 354 valence electrons. The first-order chi connectivity index (χ1) is 37.7. The Kier molecular flexibility index (Phi) is 9.15. The van der Waals surface area contributed by atoms with E-state index >= 15 is 0 Å². The summed E-state index contributed by atoms with van der Waals surface area (Å²) in [6.07, 6.45) is 0. The molecule has 14 aromatic rings. The molecule has 0 saturated carbocycles. The van der Waals surface area contributed by atoms with Gasteiger partial charge >= 0.3 is 0 Å². The van der Waals surface area contributed by atoms with E-state index in [0.717, 1.165) is 84.0 Å². The fourth-order valence-electron chi connectivity index (χ4n) is 12.6. The van der Waals surface area contributed by atoms with Crippen LogP contribution in [0.5, 0.6) is 11.5 Å². The molecule has 0 bridgehead atoms. The number of para-hydroxylation sites is 5. The van der Waals surface area contributed by atoms with Crippen LogP contribution in [0.3, 0.4) is 0 Å². The molecule has 4 heterocycles. The molecule has 0 atom stereocenters. The first-order valence-corrected chi connectivity index (χ1v) is 25.8. The van der Waals surface area contributed by atoms with Crippen molar-refractivity contribution in [3.8, 4) is 79.3 Å². The van der Waals surface area contributed by atoms with Crippen molar-refractivity contribution in [2.45, 2.75) is 5.41 Å². The minimum absolute atomic E-state index is 0.609. The Morgan fingerprint density at radius 3 is 1.37 bits per heavy atom. The van der Waals surface area contributed by atoms with Crippen LogP contribution in [0.2, 0.25) is 0 Å². The van der Waals surface area contributed by atoms with Gasteiger partial charge in [-0.3, -0.25) is 0 Å². The molecule has 0 radical (unpaired) electrons. The number of rotatable bonds is 6. The van der Waals surface area contributed by atoms with Gasteiger partial charge in [-0.05, 0) is 106 Å². The third-order valence-corrected chi connectivity index (χ3v) is 15.8.